The molecule has 1 aliphatic rings. The fourth-order valence-electron chi connectivity index (χ4n) is 2.42. The number of primary amides is 1. The van der Waals surface area contributed by atoms with Crippen molar-refractivity contribution in [1.29, 1.82) is 0 Å². The van der Waals surface area contributed by atoms with Crippen LogP contribution < -0.4 is 5.73 Å². The van der Waals surface area contributed by atoms with Crippen LogP contribution in [0.25, 0.3) is 5.57 Å². The average Bonchev–Trinajstić information content (AvgIpc) is 2.64. The number of carbonyl (C=O) groups excluding carboxylic acids is 2. The number of hydrogen-bond donors (Lipinski definition) is 1. The van der Waals surface area contributed by atoms with E-state index in [1.165, 1.54) is 0 Å². The van der Waals surface area contributed by atoms with Crippen LogP contribution in [0.4, 0.5) is 0 Å². The highest BCUT2D eigenvalue weighted by atomic mass is 16.2. The van der Waals surface area contributed by atoms with E-state index in [-0.39, 0.29) is 11.4 Å². The molecule has 0 saturated heterocycles. The van der Waals surface area contributed by atoms with E-state index in [1.54, 1.807) is 6.07 Å². The zero-order valence-corrected chi connectivity index (χ0v) is 10.5. The average molecular weight is 243 g/mol. The van der Waals surface area contributed by atoms with Crippen molar-refractivity contribution in [3.63, 3.8) is 0 Å². The summed E-state index contributed by atoms with van der Waals surface area (Å²) in [5.74, 6) is -0.827. The fraction of sp³-hybridized carbons (Fsp3) is 0.333. The molecule has 1 aromatic carbocycles. The number of hydrogen-bond acceptors (Lipinski definition) is 2. The van der Waals surface area contributed by atoms with Gasteiger partial charge in [-0.05, 0) is 24.0 Å². The third kappa shape index (κ3) is 2.08. The summed E-state index contributed by atoms with van der Waals surface area (Å²) in [6, 6.07) is 7.35. The molecule has 2 N–H and O–H groups in total. The second-order valence-electron chi connectivity index (χ2n) is 4.55. The number of unbranched alkanes of at least 4 members (excludes halogenated alkanes) is 2. The molecular formula is C15H17NO2. The van der Waals surface area contributed by atoms with Gasteiger partial charge in [0.1, 0.15) is 0 Å². The predicted octanol–water partition coefficient (Wildman–Crippen LogP) is 2.70. The summed E-state index contributed by atoms with van der Waals surface area (Å²) in [6.07, 6.45) is 3.92. The van der Waals surface area contributed by atoms with Gasteiger partial charge in [-0.15, -0.1) is 0 Å². The number of rotatable bonds is 5. The molecule has 0 aliphatic heterocycles. The molecule has 3 heteroatoms. The van der Waals surface area contributed by atoms with E-state index in [9.17, 15) is 9.59 Å². The van der Waals surface area contributed by atoms with Gasteiger partial charge in [0.2, 0.25) is 0 Å². The third-order valence-corrected chi connectivity index (χ3v) is 3.30. The van der Waals surface area contributed by atoms with Crippen molar-refractivity contribution < 1.29 is 9.59 Å². The summed E-state index contributed by atoms with van der Waals surface area (Å²) in [4.78, 5) is 23.6. The van der Waals surface area contributed by atoms with Gasteiger partial charge in [0, 0.05) is 5.56 Å². The van der Waals surface area contributed by atoms with Crippen molar-refractivity contribution in [3.05, 3.63) is 41.0 Å². The highest BCUT2D eigenvalue weighted by Gasteiger charge is 2.31. The fourth-order valence-corrected chi connectivity index (χ4v) is 2.42. The van der Waals surface area contributed by atoms with E-state index >= 15 is 0 Å². The smallest absolute Gasteiger partial charge is 0.252 e. The SMILES string of the molecule is CCCCCC1=C(C(N)=O)C(=O)c2ccccc21. The highest BCUT2D eigenvalue weighted by Crippen LogP contribution is 2.35. The summed E-state index contributed by atoms with van der Waals surface area (Å²) in [5.41, 5.74) is 7.85. The second kappa shape index (κ2) is 5.17. The number of benzene rings is 1. The van der Waals surface area contributed by atoms with Gasteiger partial charge in [-0.25, -0.2) is 0 Å². The topological polar surface area (TPSA) is 60.2 Å². The van der Waals surface area contributed by atoms with E-state index in [0.29, 0.717) is 5.56 Å². The van der Waals surface area contributed by atoms with Gasteiger partial charge >= 0.3 is 0 Å². The van der Waals surface area contributed by atoms with E-state index in [2.05, 4.69) is 6.92 Å². The van der Waals surface area contributed by atoms with Gasteiger partial charge in [0.05, 0.1) is 5.57 Å². The van der Waals surface area contributed by atoms with Crippen LogP contribution >= 0.6 is 0 Å². The van der Waals surface area contributed by atoms with E-state index < -0.39 is 5.91 Å². The molecule has 1 aromatic rings. The molecule has 0 saturated carbocycles. The normalized spacial score (nSPS) is 13.9. The molecule has 0 aromatic heterocycles. The zero-order valence-electron chi connectivity index (χ0n) is 10.5. The molecule has 0 spiro atoms. The molecule has 0 radical (unpaired) electrons. The van der Waals surface area contributed by atoms with Crippen LogP contribution in [0.2, 0.25) is 0 Å². The quantitative estimate of drug-likeness (QED) is 0.638. The first-order valence-electron chi connectivity index (χ1n) is 6.33. The molecule has 1 aliphatic carbocycles. The summed E-state index contributed by atoms with van der Waals surface area (Å²) < 4.78 is 0. The Morgan fingerprint density at radius 1 is 1.17 bits per heavy atom. The Balaban J connectivity index is 2.40. The maximum Gasteiger partial charge on any atom is 0.252 e. The number of ketones is 1. The number of Topliss-reactive ketones (excluding diaryl/α,β-unsaturated/α-hetero) is 1. The minimum Gasteiger partial charge on any atom is -0.365 e. The minimum atomic E-state index is -0.609. The lowest BCUT2D eigenvalue weighted by molar-refractivity contribution is -0.114. The lowest BCUT2D eigenvalue weighted by atomic mass is 9.99. The van der Waals surface area contributed by atoms with Crippen molar-refractivity contribution in [1.82, 2.24) is 0 Å². The van der Waals surface area contributed by atoms with Crippen LogP contribution in [0.15, 0.2) is 29.8 Å². The molecular weight excluding hydrogens is 226 g/mol. The summed E-state index contributed by atoms with van der Waals surface area (Å²) in [7, 11) is 0. The third-order valence-electron chi connectivity index (χ3n) is 3.30. The van der Waals surface area contributed by atoms with Crippen molar-refractivity contribution in [2.45, 2.75) is 32.6 Å². The lowest BCUT2D eigenvalue weighted by Gasteiger charge is -2.05. The molecule has 0 bridgehead atoms. The Morgan fingerprint density at radius 3 is 2.44 bits per heavy atom. The standard InChI is InChI=1S/C15H17NO2/c1-2-3-4-8-11-10-7-5-6-9-12(10)14(17)13(11)15(16)18/h5-7,9H,2-4,8H2,1H3,(H2,16,18). The monoisotopic (exact) mass is 243 g/mol. The molecule has 0 fully saturated rings. The highest BCUT2D eigenvalue weighted by molar-refractivity contribution is 6.34. The van der Waals surface area contributed by atoms with E-state index in [0.717, 1.165) is 36.8 Å². The molecule has 0 atom stereocenters. The Labute approximate surface area is 107 Å². The molecule has 0 heterocycles. The number of amides is 1. The van der Waals surface area contributed by atoms with Crippen molar-refractivity contribution in [3.8, 4) is 0 Å². The first-order chi connectivity index (χ1) is 8.66. The molecule has 1 amide bonds. The molecule has 94 valence electrons. The number of nitrogens with two attached hydrogens (primary N) is 1. The number of fused-ring (bicyclic) bond motifs is 1. The van der Waals surface area contributed by atoms with Gasteiger partial charge in [0.15, 0.2) is 5.78 Å². The molecule has 2 rings (SSSR count). The first-order valence-corrected chi connectivity index (χ1v) is 6.33. The maximum atomic E-state index is 12.1. The van der Waals surface area contributed by atoms with Crippen molar-refractivity contribution in [2.75, 3.05) is 0 Å². The maximum absolute atomic E-state index is 12.1. The Kier molecular flexibility index (Phi) is 3.60. The minimum absolute atomic E-state index is 0.187. The Bertz CT molecular complexity index is 529. The summed E-state index contributed by atoms with van der Waals surface area (Å²) in [6.45, 7) is 2.12. The number of allylic oxidation sites excluding steroid dienone is 1. The van der Waals surface area contributed by atoms with Crippen molar-refractivity contribution in [2.24, 2.45) is 5.73 Å². The van der Waals surface area contributed by atoms with E-state index in [4.69, 9.17) is 5.73 Å². The molecule has 0 unspecified atom stereocenters. The zero-order chi connectivity index (χ0) is 13.1. The van der Waals surface area contributed by atoms with Crippen molar-refractivity contribution >= 4 is 17.3 Å². The van der Waals surface area contributed by atoms with Crippen LogP contribution in [0.3, 0.4) is 0 Å². The Morgan fingerprint density at radius 2 is 1.83 bits per heavy atom. The van der Waals surface area contributed by atoms with Crippen LogP contribution in [-0.4, -0.2) is 11.7 Å². The first kappa shape index (κ1) is 12.6. The van der Waals surface area contributed by atoms with Crippen LogP contribution in [0.5, 0.6) is 0 Å². The van der Waals surface area contributed by atoms with Gasteiger partial charge in [-0.1, -0.05) is 44.0 Å². The van der Waals surface area contributed by atoms with Crippen LogP contribution in [-0.2, 0) is 4.79 Å². The second-order valence-corrected chi connectivity index (χ2v) is 4.55. The van der Waals surface area contributed by atoms with Gasteiger partial charge in [0.25, 0.3) is 5.91 Å². The lowest BCUT2D eigenvalue weighted by Crippen LogP contribution is -2.19. The predicted molar refractivity (Wildman–Crippen MR) is 71.0 cm³/mol. The van der Waals surface area contributed by atoms with Crippen LogP contribution in [0, 0.1) is 0 Å². The Hall–Kier alpha value is -1.90. The molecule has 3 nitrogen and oxygen atoms in total. The van der Waals surface area contributed by atoms with Gasteiger partial charge in [-0.3, -0.25) is 9.59 Å². The number of carbonyl (C=O) groups is 2. The van der Waals surface area contributed by atoms with Gasteiger partial charge < -0.3 is 5.73 Å². The summed E-state index contributed by atoms with van der Waals surface area (Å²) in [5, 5.41) is 0. The van der Waals surface area contributed by atoms with E-state index in [1.807, 2.05) is 18.2 Å². The van der Waals surface area contributed by atoms with Gasteiger partial charge in [-0.2, -0.15) is 0 Å². The van der Waals surface area contributed by atoms with Crippen LogP contribution in [0.1, 0.15) is 48.5 Å². The largest absolute Gasteiger partial charge is 0.365 e. The summed E-state index contributed by atoms with van der Waals surface area (Å²) >= 11 is 0. The molecule has 18 heavy (non-hydrogen) atoms.